The lowest BCUT2D eigenvalue weighted by molar-refractivity contribution is -0.117. The minimum Gasteiger partial charge on any atom is -0.297 e. The molecule has 0 aliphatic carbocycles. The first-order chi connectivity index (χ1) is 3.72. The summed E-state index contributed by atoms with van der Waals surface area (Å²) < 4.78 is 0. The zero-order valence-electron chi connectivity index (χ0n) is 4.88. The standard InChI is InChI=1S/C5H8OS2/c1-3-5(6)4(2)8-7-3/h3-4H,1-2H3/t3-,4+. The summed E-state index contributed by atoms with van der Waals surface area (Å²) in [4.78, 5) is 10.9. The van der Waals surface area contributed by atoms with Crippen molar-refractivity contribution >= 4 is 27.4 Å². The van der Waals surface area contributed by atoms with E-state index in [-0.39, 0.29) is 10.5 Å². The molecule has 0 bridgehead atoms. The maximum Gasteiger partial charge on any atom is 0.159 e. The van der Waals surface area contributed by atoms with Crippen LogP contribution in [-0.2, 0) is 4.79 Å². The average Bonchev–Trinajstić information content (AvgIpc) is 1.98. The van der Waals surface area contributed by atoms with Crippen LogP contribution in [0.25, 0.3) is 0 Å². The lowest BCUT2D eigenvalue weighted by Gasteiger charge is -1.93. The topological polar surface area (TPSA) is 17.1 Å². The lowest BCUT2D eigenvalue weighted by atomic mass is 10.2. The summed E-state index contributed by atoms with van der Waals surface area (Å²) in [6.07, 6.45) is 0. The van der Waals surface area contributed by atoms with Crippen LogP contribution in [0.5, 0.6) is 0 Å². The van der Waals surface area contributed by atoms with Crippen molar-refractivity contribution in [3.63, 3.8) is 0 Å². The smallest absolute Gasteiger partial charge is 0.159 e. The Hall–Kier alpha value is 0.370. The summed E-state index contributed by atoms with van der Waals surface area (Å²) in [6.45, 7) is 3.92. The average molecular weight is 148 g/mol. The van der Waals surface area contributed by atoms with Gasteiger partial charge in [0.05, 0.1) is 10.5 Å². The van der Waals surface area contributed by atoms with Crippen LogP contribution >= 0.6 is 21.6 Å². The molecule has 1 rings (SSSR count). The molecule has 2 atom stereocenters. The molecule has 1 saturated heterocycles. The van der Waals surface area contributed by atoms with Crippen molar-refractivity contribution in [3.8, 4) is 0 Å². The molecule has 1 aliphatic heterocycles. The Labute approximate surface area is 57.0 Å². The van der Waals surface area contributed by atoms with Gasteiger partial charge in [-0.05, 0) is 13.8 Å². The monoisotopic (exact) mass is 148 g/mol. The van der Waals surface area contributed by atoms with Crippen molar-refractivity contribution in [1.29, 1.82) is 0 Å². The third kappa shape index (κ3) is 1.03. The predicted octanol–water partition coefficient (Wildman–Crippen LogP) is 1.73. The zero-order valence-corrected chi connectivity index (χ0v) is 6.51. The van der Waals surface area contributed by atoms with Crippen molar-refractivity contribution in [2.24, 2.45) is 0 Å². The highest BCUT2D eigenvalue weighted by Crippen LogP contribution is 2.40. The highest BCUT2D eigenvalue weighted by atomic mass is 33.1. The Kier molecular flexibility index (Phi) is 1.88. The van der Waals surface area contributed by atoms with Gasteiger partial charge in [0.1, 0.15) is 0 Å². The number of ketones is 1. The van der Waals surface area contributed by atoms with E-state index in [2.05, 4.69) is 0 Å². The molecular weight excluding hydrogens is 140 g/mol. The summed E-state index contributed by atoms with van der Waals surface area (Å²) in [5.41, 5.74) is 0. The number of carbonyl (C=O) groups excluding carboxylic acids is 1. The summed E-state index contributed by atoms with van der Waals surface area (Å²) in [5.74, 6) is 0.389. The van der Waals surface area contributed by atoms with Crippen molar-refractivity contribution in [2.45, 2.75) is 24.3 Å². The van der Waals surface area contributed by atoms with Crippen LogP contribution in [0.1, 0.15) is 13.8 Å². The molecule has 1 heterocycles. The van der Waals surface area contributed by atoms with E-state index in [4.69, 9.17) is 0 Å². The van der Waals surface area contributed by atoms with E-state index in [9.17, 15) is 4.79 Å². The number of carbonyl (C=O) groups is 1. The molecule has 0 saturated carbocycles. The molecule has 1 nitrogen and oxygen atoms in total. The molecule has 8 heavy (non-hydrogen) atoms. The Balaban J connectivity index is 2.57. The molecular formula is C5H8OS2. The van der Waals surface area contributed by atoms with Gasteiger partial charge in [-0.15, -0.1) is 0 Å². The van der Waals surface area contributed by atoms with Crippen LogP contribution in [0.15, 0.2) is 0 Å². The number of hydrogen-bond acceptors (Lipinski definition) is 3. The fourth-order valence-corrected chi connectivity index (χ4v) is 3.18. The molecule has 0 unspecified atom stereocenters. The zero-order chi connectivity index (χ0) is 6.15. The molecule has 0 aromatic rings. The Morgan fingerprint density at radius 2 is 1.62 bits per heavy atom. The van der Waals surface area contributed by atoms with Crippen LogP contribution < -0.4 is 0 Å². The van der Waals surface area contributed by atoms with Gasteiger partial charge in [-0.25, -0.2) is 0 Å². The van der Waals surface area contributed by atoms with E-state index in [1.165, 1.54) is 0 Å². The maximum atomic E-state index is 10.9. The lowest BCUT2D eigenvalue weighted by Crippen LogP contribution is -2.14. The van der Waals surface area contributed by atoms with Crippen LogP contribution in [-0.4, -0.2) is 16.3 Å². The second-order valence-electron chi connectivity index (χ2n) is 1.88. The minimum atomic E-state index is 0.231. The first kappa shape index (κ1) is 6.49. The van der Waals surface area contributed by atoms with Crippen molar-refractivity contribution in [2.75, 3.05) is 0 Å². The van der Waals surface area contributed by atoms with E-state index in [0.29, 0.717) is 5.78 Å². The molecule has 1 fully saturated rings. The molecule has 3 heteroatoms. The molecule has 0 aromatic heterocycles. The second-order valence-corrected chi connectivity index (χ2v) is 4.83. The van der Waals surface area contributed by atoms with Gasteiger partial charge in [0.15, 0.2) is 5.78 Å². The summed E-state index contributed by atoms with van der Waals surface area (Å²) >= 11 is 0. The van der Waals surface area contributed by atoms with Gasteiger partial charge in [-0.2, -0.15) is 0 Å². The molecule has 1 aliphatic rings. The normalized spacial score (nSPS) is 38.5. The summed E-state index contributed by atoms with van der Waals surface area (Å²) in [6, 6.07) is 0. The van der Waals surface area contributed by atoms with Gasteiger partial charge in [-0.1, -0.05) is 21.6 Å². The van der Waals surface area contributed by atoms with Gasteiger partial charge >= 0.3 is 0 Å². The number of hydrogen-bond donors (Lipinski definition) is 0. The Morgan fingerprint density at radius 1 is 1.25 bits per heavy atom. The predicted molar refractivity (Wildman–Crippen MR) is 39.1 cm³/mol. The van der Waals surface area contributed by atoms with Gasteiger partial charge in [0.25, 0.3) is 0 Å². The fraction of sp³-hybridized carbons (Fsp3) is 0.800. The SMILES string of the molecule is C[C@@H]1SS[C@H](C)C1=O. The van der Waals surface area contributed by atoms with Crippen molar-refractivity contribution in [1.82, 2.24) is 0 Å². The number of Topliss-reactive ketones (excluding diaryl/α,β-unsaturated/α-hetero) is 1. The fourth-order valence-electron chi connectivity index (χ4n) is 0.592. The Morgan fingerprint density at radius 3 is 1.75 bits per heavy atom. The summed E-state index contributed by atoms with van der Waals surface area (Å²) in [5, 5.41) is 0.463. The third-order valence-corrected chi connectivity index (χ3v) is 4.36. The molecule has 0 N–H and O–H groups in total. The van der Waals surface area contributed by atoms with Crippen LogP contribution in [0, 0.1) is 0 Å². The quantitative estimate of drug-likeness (QED) is 0.487. The van der Waals surface area contributed by atoms with Gasteiger partial charge in [-0.3, -0.25) is 4.79 Å². The Bertz CT molecular complexity index is 101. The van der Waals surface area contributed by atoms with Gasteiger partial charge in [0, 0.05) is 0 Å². The van der Waals surface area contributed by atoms with Crippen LogP contribution in [0.3, 0.4) is 0 Å². The molecule has 46 valence electrons. The van der Waals surface area contributed by atoms with Gasteiger partial charge < -0.3 is 0 Å². The van der Waals surface area contributed by atoms with Crippen molar-refractivity contribution < 1.29 is 4.79 Å². The molecule has 0 aromatic carbocycles. The highest BCUT2D eigenvalue weighted by molar-refractivity contribution is 8.78. The van der Waals surface area contributed by atoms with Crippen LogP contribution in [0.2, 0.25) is 0 Å². The van der Waals surface area contributed by atoms with E-state index >= 15 is 0 Å². The first-order valence-corrected chi connectivity index (χ1v) is 4.85. The van der Waals surface area contributed by atoms with E-state index in [1.807, 2.05) is 13.8 Å². The van der Waals surface area contributed by atoms with Crippen LogP contribution in [0.4, 0.5) is 0 Å². The number of rotatable bonds is 0. The minimum absolute atomic E-state index is 0.231. The van der Waals surface area contributed by atoms with Gasteiger partial charge in [0.2, 0.25) is 0 Å². The van der Waals surface area contributed by atoms with E-state index in [0.717, 1.165) is 0 Å². The molecule has 0 amide bonds. The van der Waals surface area contributed by atoms with E-state index < -0.39 is 0 Å². The maximum absolute atomic E-state index is 10.9. The second kappa shape index (κ2) is 2.31. The third-order valence-electron chi connectivity index (χ3n) is 1.15. The highest BCUT2D eigenvalue weighted by Gasteiger charge is 2.28. The summed E-state index contributed by atoms with van der Waals surface area (Å²) in [7, 11) is 3.36. The molecule has 0 radical (unpaired) electrons. The largest absolute Gasteiger partial charge is 0.297 e. The van der Waals surface area contributed by atoms with E-state index in [1.54, 1.807) is 21.6 Å². The van der Waals surface area contributed by atoms with Crippen molar-refractivity contribution in [3.05, 3.63) is 0 Å². The first-order valence-electron chi connectivity index (χ1n) is 2.57. The molecule has 0 spiro atoms.